The highest BCUT2D eigenvalue weighted by molar-refractivity contribution is 5.91. The lowest BCUT2D eigenvalue weighted by Gasteiger charge is -2.37. The highest BCUT2D eigenvalue weighted by Gasteiger charge is 2.35. The van der Waals surface area contributed by atoms with E-state index in [1.54, 1.807) is 10.9 Å². The SMILES string of the molecule is O=C(NCC1(c2ccccc2)CCOCC1)c1cn(C[C@H]2CCCNC2)nn1. The van der Waals surface area contributed by atoms with Gasteiger partial charge in [-0.1, -0.05) is 35.5 Å². The number of benzene rings is 1. The fourth-order valence-corrected chi connectivity index (χ4v) is 4.30. The molecule has 1 amide bonds. The minimum Gasteiger partial charge on any atom is -0.381 e. The van der Waals surface area contributed by atoms with Crippen molar-refractivity contribution < 1.29 is 9.53 Å². The number of amides is 1. The Morgan fingerprint density at radius 3 is 2.86 bits per heavy atom. The molecule has 150 valence electrons. The molecule has 28 heavy (non-hydrogen) atoms. The van der Waals surface area contributed by atoms with Gasteiger partial charge < -0.3 is 15.4 Å². The summed E-state index contributed by atoms with van der Waals surface area (Å²) in [4.78, 5) is 12.7. The fraction of sp³-hybridized carbons (Fsp3) is 0.571. The Morgan fingerprint density at radius 2 is 2.11 bits per heavy atom. The lowest BCUT2D eigenvalue weighted by Crippen LogP contribution is -2.44. The first-order chi connectivity index (χ1) is 13.8. The second-order valence-electron chi connectivity index (χ2n) is 7.98. The maximum Gasteiger partial charge on any atom is 0.273 e. The van der Waals surface area contributed by atoms with Crippen LogP contribution in [0.25, 0.3) is 0 Å². The van der Waals surface area contributed by atoms with E-state index in [-0.39, 0.29) is 11.3 Å². The van der Waals surface area contributed by atoms with Gasteiger partial charge in [0, 0.05) is 31.7 Å². The molecular weight excluding hydrogens is 354 g/mol. The molecule has 2 aliphatic heterocycles. The molecule has 0 unspecified atom stereocenters. The van der Waals surface area contributed by atoms with Crippen LogP contribution in [0.5, 0.6) is 0 Å². The van der Waals surface area contributed by atoms with Crippen molar-refractivity contribution in [2.45, 2.75) is 37.6 Å². The quantitative estimate of drug-likeness (QED) is 0.794. The lowest BCUT2D eigenvalue weighted by molar-refractivity contribution is 0.0486. The van der Waals surface area contributed by atoms with Gasteiger partial charge in [-0.15, -0.1) is 5.10 Å². The second-order valence-corrected chi connectivity index (χ2v) is 7.98. The van der Waals surface area contributed by atoms with Crippen LogP contribution in [-0.4, -0.2) is 53.7 Å². The zero-order valence-electron chi connectivity index (χ0n) is 16.3. The van der Waals surface area contributed by atoms with E-state index in [1.165, 1.54) is 18.4 Å². The number of carbonyl (C=O) groups is 1. The Morgan fingerprint density at radius 1 is 1.29 bits per heavy atom. The van der Waals surface area contributed by atoms with Crippen LogP contribution in [0, 0.1) is 5.92 Å². The van der Waals surface area contributed by atoms with Crippen molar-refractivity contribution in [1.29, 1.82) is 0 Å². The Balaban J connectivity index is 1.38. The standard InChI is InChI=1S/C21H29N5O2/c27-20(19-15-26(25-24-19)14-17-5-4-10-22-13-17)23-16-21(8-11-28-12-9-21)18-6-2-1-3-7-18/h1-3,6-7,15,17,22H,4-5,8-14,16H2,(H,23,27)/t17-/m0/s1. The summed E-state index contributed by atoms with van der Waals surface area (Å²) in [6.07, 6.45) is 5.95. The molecular formula is C21H29N5O2. The molecule has 7 heteroatoms. The molecule has 0 aliphatic carbocycles. The number of piperidine rings is 1. The van der Waals surface area contributed by atoms with Crippen molar-refractivity contribution in [3.8, 4) is 0 Å². The summed E-state index contributed by atoms with van der Waals surface area (Å²) in [5, 5.41) is 14.8. The van der Waals surface area contributed by atoms with Crippen LogP contribution in [0.4, 0.5) is 0 Å². The number of aromatic nitrogens is 3. The summed E-state index contributed by atoms with van der Waals surface area (Å²) in [7, 11) is 0. The second kappa shape index (κ2) is 8.84. The number of ether oxygens (including phenoxy) is 1. The van der Waals surface area contributed by atoms with Gasteiger partial charge in [0.2, 0.25) is 0 Å². The van der Waals surface area contributed by atoms with Gasteiger partial charge in [0.15, 0.2) is 5.69 Å². The van der Waals surface area contributed by atoms with Gasteiger partial charge in [0.1, 0.15) is 0 Å². The minimum absolute atomic E-state index is 0.0844. The Labute approximate surface area is 165 Å². The molecule has 0 saturated carbocycles. The molecule has 0 radical (unpaired) electrons. The van der Waals surface area contributed by atoms with Crippen LogP contribution in [0.15, 0.2) is 36.5 Å². The molecule has 7 nitrogen and oxygen atoms in total. The number of hydrogen-bond donors (Lipinski definition) is 2. The van der Waals surface area contributed by atoms with E-state index in [2.05, 4.69) is 45.2 Å². The van der Waals surface area contributed by atoms with Gasteiger partial charge in [-0.2, -0.15) is 0 Å². The molecule has 1 atom stereocenters. The highest BCUT2D eigenvalue weighted by Crippen LogP contribution is 2.34. The summed E-state index contributed by atoms with van der Waals surface area (Å²) in [6.45, 7) is 4.92. The molecule has 2 N–H and O–H groups in total. The summed E-state index contributed by atoms with van der Waals surface area (Å²) in [6, 6.07) is 10.4. The third-order valence-electron chi connectivity index (χ3n) is 6.04. The van der Waals surface area contributed by atoms with Crippen molar-refractivity contribution in [3.63, 3.8) is 0 Å². The van der Waals surface area contributed by atoms with Crippen LogP contribution in [-0.2, 0) is 16.7 Å². The predicted molar refractivity (Wildman–Crippen MR) is 106 cm³/mol. The molecule has 2 aliphatic rings. The maximum atomic E-state index is 12.7. The molecule has 1 aromatic carbocycles. The largest absolute Gasteiger partial charge is 0.381 e. The summed E-state index contributed by atoms with van der Waals surface area (Å²) < 4.78 is 7.37. The molecule has 4 rings (SSSR count). The Hall–Kier alpha value is -2.25. The molecule has 2 saturated heterocycles. The van der Waals surface area contributed by atoms with Crippen molar-refractivity contribution in [2.75, 3.05) is 32.8 Å². The van der Waals surface area contributed by atoms with Crippen LogP contribution >= 0.6 is 0 Å². The van der Waals surface area contributed by atoms with Crippen LogP contribution in [0.1, 0.15) is 41.7 Å². The monoisotopic (exact) mass is 383 g/mol. The molecule has 0 spiro atoms. The first-order valence-electron chi connectivity index (χ1n) is 10.3. The van der Waals surface area contributed by atoms with E-state index in [0.717, 1.165) is 45.7 Å². The normalized spacial score (nSPS) is 21.9. The molecule has 2 aromatic rings. The van der Waals surface area contributed by atoms with Crippen molar-refractivity contribution in [2.24, 2.45) is 5.92 Å². The van der Waals surface area contributed by atoms with E-state index < -0.39 is 0 Å². The van der Waals surface area contributed by atoms with E-state index >= 15 is 0 Å². The zero-order chi connectivity index (χ0) is 19.2. The smallest absolute Gasteiger partial charge is 0.273 e. The lowest BCUT2D eigenvalue weighted by atomic mass is 9.74. The molecule has 0 bridgehead atoms. The number of hydrogen-bond acceptors (Lipinski definition) is 5. The predicted octanol–water partition coefficient (Wildman–Crippen LogP) is 1.76. The van der Waals surface area contributed by atoms with Gasteiger partial charge in [-0.05, 0) is 50.3 Å². The van der Waals surface area contributed by atoms with Crippen LogP contribution in [0.2, 0.25) is 0 Å². The summed E-state index contributed by atoms with van der Waals surface area (Å²) in [5.41, 5.74) is 1.56. The highest BCUT2D eigenvalue weighted by atomic mass is 16.5. The third-order valence-corrected chi connectivity index (χ3v) is 6.04. The van der Waals surface area contributed by atoms with Gasteiger partial charge in [-0.25, -0.2) is 0 Å². The molecule has 3 heterocycles. The van der Waals surface area contributed by atoms with E-state index in [4.69, 9.17) is 4.74 Å². The average molecular weight is 383 g/mol. The van der Waals surface area contributed by atoms with E-state index in [0.29, 0.717) is 18.2 Å². The third kappa shape index (κ3) is 4.42. The average Bonchev–Trinajstić information content (AvgIpc) is 3.23. The van der Waals surface area contributed by atoms with Gasteiger partial charge in [-0.3, -0.25) is 9.48 Å². The molecule has 2 fully saturated rings. The number of nitrogens with one attached hydrogen (secondary N) is 2. The zero-order valence-corrected chi connectivity index (χ0v) is 16.3. The number of rotatable bonds is 6. The first-order valence-corrected chi connectivity index (χ1v) is 10.3. The van der Waals surface area contributed by atoms with Crippen molar-refractivity contribution >= 4 is 5.91 Å². The van der Waals surface area contributed by atoms with E-state index in [9.17, 15) is 4.79 Å². The van der Waals surface area contributed by atoms with Gasteiger partial charge >= 0.3 is 0 Å². The van der Waals surface area contributed by atoms with Gasteiger partial charge in [0.25, 0.3) is 5.91 Å². The fourth-order valence-electron chi connectivity index (χ4n) is 4.30. The first kappa shape index (κ1) is 19.1. The van der Waals surface area contributed by atoms with Crippen molar-refractivity contribution in [3.05, 3.63) is 47.8 Å². The van der Waals surface area contributed by atoms with Crippen LogP contribution in [0.3, 0.4) is 0 Å². The van der Waals surface area contributed by atoms with Crippen molar-refractivity contribution in [1.82, 2.24) is 25.6 Å². The maximum absolute atomic E-state index is 12.7. The summed E-state index contributed by atoms with van der Waals surface area (Å²) in [5.74, 6) is 0.393. The van der Waals surface area contributed by atoms with Crippen LogP contribution < -0.4 is 10.6 Å². The minimum atomic E-state index is -0.158. The number of carbonyl (C=O) groups excluding carboxylic acids is 1. The Kier molecular flexibility index (Phi) is 6.02. The van der Waals surface area contributed by atoms with Gasteiger partial charge in [0.05, 0.1) is 6.20 Å². The molecule has 1 aromatic heterocycles. The van der Waals surface area contributed by atoms with E-state index in [1.807, 2.05) is 6.07 Å². The number of nitrogens with zero attached hydrogens (tertiary/aromatic N) is 3. The topological polar surface area (TPSA) is 81.1 Å². The summed E-state index contributed by atoms with van der Waals surface area (Å²) >= 11 is 0. The Bertz CT molecular complexity index is 764.